The van der Waals surface area contributed by atoms with Crippen LogP contribution in [0.4, 0.5) is 0 Å². The molecule has 0 fully saturated rings. The molecule has 0 aromatic carbocycles. The molecule has 1 aromatic rings. The average molecular weight is 446 g/mol. The van der Waals surface area contributed by atoms with Gasteiger partial charge < -0.3 is 10.6 Å². The van der Waals surface area contributed by atoms with Gasteiger partial charge in [-0.1, -0.05) is 0 Å². The van der Waals surface area contributed by atoms with E-state index in [2.05, 4.69) is 9.71 Å². The van der Waals surface area contributed by atoms with Crippen LogP contribution >= 0.6 is 35.3 Å². The van der Waals surface area contributed by atoms with E-state index in [0.717, 1.165) is 18.0 Å². The monoisotopic (exact) mass is 446 g/mol. The Bertz CT molecular complexity index is 553. The Hall–Kier alpha value is -0.390. The van der Waals surface area contributed by atoms with Gasteiger partial charge >= 0.3 is 0 Å². The number of thiophene rings is 1. The summed E-state index contributed by atoms with van der Waals surface area (Å²) >= 11 is 1.25. The van der Waals surface area contributed by atoms with Crippen molar-refractivity contribution in [3.8, 4) is 0 Å². The summed E-state index contributed by atoms with van der Waals surface area (Å²) in [7, 11) is -3.42. The van der Waals surface area contributed by atoms with E-state index in [-0.39, 0.29) is 30.5 Å². The first-order valence-electron chi connectivity index (χ1n) is 6.51. The van der Waals surface area contributed by atoms with Crippen LogP contribution in [0.15, 0.2) is 21.3 Å². The molecule has 0 unspecified atom stereocenters. The highest BCUT2D eigenvalue weighted by Crippen LogP contribution is 2.19. The van der Waals surface area contributed by atoms with E-state index in [0.29, 0.717) is 16.7 Å². The molecule has 0 atom stereocenters. The maximum Gasteiger partial charge on any atom is 0.250 e. The molecule has 0 aliphatic heterocycles. The minimum atomic E-state index is -3.42. The van der Waals surface area contributed by atoms with Crippen LogP contribution in [0.3, 0.4) is 0 Å². The van der Waals surface area contributed by atoms with E-state index in [4.69, 9.17) is 5.73 Å². The molecule has 0 amide bonds. The maximum absolute atomic E-state index is 11.9. The standard InChI is InChI=1S/C12H22N4O2S2.HI/c1-4-16(5-2)12(13)14-8-9-15-20(17,18)11-7-6-10(3)19-11;/h6-7,15H,4-5,8-9H2,1-3H3,(H2,13,14);1H. The fourth-order valence-electron chi connectivity index (χ4n) is 1.63. The van der Waals surface area contributed by atoms with Crippen molar-refractivity contribution in [3.05, 3.63) is 17.0 Å². The number of nitrogens with one attached hydrogen (secondary N) is 1. The number of nitrogens with zero attached hydrogens (tertiary/aromatic N) is 2. The quantitative estimate of drug-likeness (QED) is 0.288. The van der Waals surface area contributed by atoms with Crippen molar-refractivity contribution < 1.29 is 8.42 Å². The van der Waals surface area contributed by atoms with Crippen LogP contribution in [0.1, 0.15) is 18.7 Å². The Labute approximate surface area is 147 Å². The molecule has 0 saturated carbocycles. The molecule has 0 bridgehead atoms. The van der Waals surface area contributed by atoms with E-state index in [1.165, 1.54) is 11.3 Å². The number of hydrogen-bond donors (Lipinski definition) is 2. The van der Waals surface area contributed by atoms with E-state index in [1.54, 1.807) is 12.1 Å². The Morgan fingerprint density at radius 2 is 2.00 bits per heavy atom. The molecule has 0 aliphatic carbocycles. The minimum absolute atomic E-state index is 0. The molecule has 1 heterocycles. The highest BCUT2D eigenvalue weighted by Gasteiger charge is 2.15. The Morgan fingerprint density at radius 3 is 2.48 bits per heavy atom. The normalized spacial score (nSPS) is 12.0. The summed E-state index contributed by atoms with van der Waals surface area (Å²) in [6, 6.07) is 3.39. The molecule has 0 radical (unpaired) electrons. The Morgan fingerprint density at radius 1 is 1.38 bits per heavy atom. The maximum atomic E-state index is 11.9. The van der Waals surface area contributed by atoms with Gasteiger partial charge in [-0.05, 0) is 32.9 Å². The third-order valence-electron chi connectivity index (χ3n) is 2.75. The predicted molar refractivity (Wildman–Crippen MR) is 99.1 cm³/mol. The van der Waals surface area contributed by atoms with Gasteiger partial charge in [0.25, 0.3) is 0 Å². The number of aryl methyl sites for hydroxylation is 1. The second-order valence-electron chi connectivity index (χ2n) is 4.18. The van der Waals surface area contributed by atoms with Crippen molar-refractivity contribution in [2.24, 2.45) is 10.7 Å². The van der Waals surface area contributed by atoms with E-state index < -0.39 is 10.0 Å². The molecular formula is C12H23IN4O2S2. The van der Waals surface area contributed by atoms with E-state index in [1.807, 2.05) is 25.7 Å². The topological polar surface area (TPSA) is 87.8 Å². The summed E-state index contributed by atoms with van der Waals surface area (Å²) in [6.45, 7) is 7.99. The van der Waals surface area contributed by atoms with Crippen molar-refractivity contribution in [2.45, 2.75) is 25.0 Å². The molecule has 0 spiro atoms. The number of nitrogens with two attached hydrogens (primary N) is 1. The summed E-state index contributed by atoms with van der Waals surface area (Å²) in [5.74, 6) is 0.446. The number of guanidine groups is 1. The van der Waals surface area contributed by atoms with Gasteiger partial charge in [0, 0.05) is 24.5 Å². The lowest BCUT2D eigenvalue weighted by Gasteiger charge is -2.19. The summed E-state index contributed by atoms with van der Waals surface area (Å²) in [6.07, 6.45) is 0. The molecule has 0 aliphatic rings. The third kappa shape index (κ3) is 6.49. The van der Waals surface area contributed by atoms with Crippen molar-refractivity contribution in [1.29, 1.82) is 0 Å². The zero-order valence-electron chi connectivity index (χ0n) is 12.5. The zero-order valence-corrected chi connectivity index (χ0v) is 16.5. The van der Waals surface area contributed by atoms with Crippen LogP contribution < -0.4 is 10.5 Å². The Balaban J connectivity index is 0.00000400. The molecule has 122 valence electrons. The average Bonchev–Trinajstić information content (AvgIpc) is 2.84. The second-order valence-corrected chi connectivity index (χ2v) is 7.46. The zero-order chi connectivity index (χ0) is 15.2. The number of aliphatic imine (C=N–C) groups is 1. The van der Waals surface area contributed by atoms with Crippen molar-refractivity contribution >= 4 is 51.3 Å². The predicted octanol–water partition coefficient (Wildman–Crippen LogP) is 1.61. The van der Waals surface area contributed by atoms with Crippen LogP contribution in [-0.4, -0.2) is 45.5 Å². The minimum Gasteiger partial charge on any atom is -0.370 e. The molecule has 6 nitrogen and oxygen atoms in total. The number of sulfonamides is 1. The highest BCUT2D eigenvalue weighted by molar-refractivity contribution is 14.0. The van der Waals surface area contributed by atoms with Gasteiger partial charge in [0.05, 0.1) is 6.54 Å². The lowest BCUT2D eigenvalue weighted by Crippen LogP contribution is -2.37. The number of rotatable bonds is 7. The first kappa shape index (κ1) is 20.6. The van der Waals surface area contributed by atoms with Gasteiger partial charge in [-0.3, -0.25) is 4.99 Å². The van der Waals surface area contributed by atoms with Gasteiger partial charge in [0.2, 0.25) is 10.0 Å². The number of halogens is 1. The summed E-state index contributed by atoms with van der Waals surface area (Å²) in [5, 5.41) is 0. The van der Waals surface area contributed by atoms with Crippen LogP contribution in [0.25, 0.3) is 0 Å². The third-order valence-corrected chi connectivity index (χ3v) is 5.70. The molecule has 9 heteroatoms. The largest absolute Gasteiger partial charge is 0.370 e. The Kier molecular flexibility index (Phi) is 9.41. The first-order valence-corrected chi connectivity index (χ1v) is 8.81. The summed E-state index contributed by atoms with van der Waals surface area (Å²) < 4.78 is 26.7. The van der Waals surface area contributed by atoms with Gasteiger partial charge in [-0.15, -0.1) is 35.3 Å². The van der Waals surface area contributed by atoms with Gasteiger partial charge in [0.15, 0.2) is 5.96 Å². The lowest BCUT2D eigenvalue weighted by atomic mass is 10.5. The molecule has 1 aromatic heterocycles. The van der Waals surface area contributed by atoms with Crippen LogP contribution in [0.5, 0.6) is 0 Å². The van der Waals surface area contributed by atoms with Crippen LogP contribution in [0, 0.1) is 6.92 Å². The number of hydrogen-bond acceptors (Lipinski definition) is 4. The van der Waals surface area contributed by atoms with Crippen molar-refractivity contribution in [1.82, 2.24) is 9.62 Å². The fourth-order valence-corrected chi connectivity index (χ4v) is 3.97. The van der Waals surface area contributed by atoms with Gasteiger partial charge in [-0.25, -0.2) is 13.1 Å². The first-order chi connectivity index (χ1) is 9.40. The van der Waals surface area contributed by atoms with Crippen molar-refractivity contribution in [2.75, 3.05) is 26.2 Å². The summed E-state index contributed by atoms with van der Waals surface area (Å²) in [5.41, 5.74) is 5.80. The second kappa shape index (κ2) is 9.59. The summed E-state index contributed by atoms with van der Waals surface area (Å²) in [4.78, 5) is 7.05. The fraction of sp³-hybridized carbons (Fsp3) is 0.583. The molecular weight excluding hydrogens is 423 g/mol. The SMILES string of the molecule is CCN(CC)C(N)=NCCNS(=O)(=O)c1ccc(C)s1.I. The highest BCUT2D eigenvalue weighted by atomic mass is 127. The van der Waals surface area contributed by atoms with Crippen molar-refractivity contribution in [3.63, 3.8) is 0 Å². The van der Waals surface area contributed by atoms with Gasteiger partial charge in [0.1, 0.15) is 4.21 Å². The van der Waals surface area contributed by atoms with E-state index >= 15 is 0 Å². The van der Waals surface area contributed by atoms with Crippen LogP contribution in [0.2, 0.25) is 0 Å². The van der Waals surface area contributed by atoms with E-state index in [9.17, 15) is 8.42 Å². The smallest absolute Gasteiger partial charge is 0.250 e. The molecule has 3 N–H and O–H groups in total. The molecule has 1 rings (SSSR count). The molecule has 21 heavy (non-hydrogen) atoms. The van der Waals surface area contributed by atoms with Crippen LogP contribution in [-0.2, 0) is 10.0 Å². The lowest BCUT2D eigenvalue weighted by molar-refractivity contribution is 0.458. The molecule has 0 saturated heterocycles. The van der Waals surface area contributed by atoms with Gasteiger partial charge in [-0.2, -0.15) is 0 Å².